The van der Waals surface area contributed by atoms with Crippen molar-refractivity contribution in [1.82, 2.24) is 4.98 Å². The van der Waals surface area contributed by atoms with Crippen LogP contribution in [0.4, 0.5) is 0 Å². The van der Waals surface area contributed by atoms with Crippen LogP contribution in [0.1, 0.15) is 5.56 Å². The number of nitrogens with one attached hydrogen (secondary N) is 1. The van der Waals surface area contributed by atoms with Crippen LogP contribution in [0, 0.1) is 5.41 Å². The third-order valence-electron chi connectivity index (χ3n) is 2.11. The van der Waals surface area contributed by atoms with Gasteiger partial charge in [-0.25, -0.2) is 4.98 Å². The second kappa shape index (κ2) is 5.21. The number of aromatic nitrogens is 1. The molecule has 3 nitrogen and oxygen atoms in total. The largest absolute Gasteiger partial charge is 0.384 e. The van der Waals surface area contributed by atoms with Gasteiger partial charge in [0, 0.05) is 16.7 Å². The number of benzene rings is 1. The number of amidine groups is 1. The second-order valence-electron chi connectivity index (χ2n) is 3.30. The highest BCUT2D eigenvalue weighted by Crippen LogP contribution is 2.32. The standard InChI is InChI=1S/C12H10ClN3S/c13-9-5-3-7-16-12(9)17-10-6-2-1-4-8(10)11(14)15/h1-7H,(H3,14,15). The highest BCUT2D eigenvalue weighted by Gasteiger charge is 2.09. The smallest absolute Gasteiger partial charge is 0.123 e. The minimum atomic E-state index is 0.0418. The molecule has 0 saturated carbocycles. The Hall–Kier alpha value is -1.52. The molecule has 0 saturated heterocycles. The predicted molar refractivity (Wildman–Crippen MR) is 70.8 cm³/mol. The molecule has 17 heavy (non-hydrogen) atoms. The first-order valence-electron chi connectivity index (χ1n) is 4.90. The first-order valence-corrected chi connectivity index (χ1v) is 6.09. The molecule has 2 rings (SSSR count). The predicted octanol–water partition coefficient (Wildman–Crippen LogP) is 3.17. The zero-order valence-corrected chi connectivity index (χ0v) is 10.4. The van der Waals surface area contributed by atoms with Gasteiger partial charge in [-0.15, -0.1) is 0 Å². The molecule has 0 aliphatic rings. The summed E-state index contributed by atoms with van der Waals surface area (Å²) in [6.45, 7) is 0. The van der Waals surface area contributed by atoms with Crippen LogP contribution in [0.2, 0.25) is 5.02 Å². The molecule has 0 unspecified atom stereocenters. The fraction of sp³-hybridized carbons (Fsp3) is 0. The molecule has 0 amide bonds. The van der Waals surface area contributed by atoms with Gasteiger partial charge in [0.05, 0.1) is 5.02 Å². The maximum atomic E-state index is 7.51. The van der Waals surface area contributed by atoms with E-state index in [1.807, 2.05) is 24.3 Å². The van der Waals surface area contributed by atoms with E-state index in [1.54, 1.807) is 18.3 Å². The number of halogens is 1. The summed E-state index contributed by atoms with van der Waals surface area (Å²) in [5, 5.41) is 8.81. The Labute approximate surface area is 109 Å². The van der Waals surface area contributed by atoms with Gasteiger partial charge < -0.3 is 5.73 Å². The molecule has 1 heterocycles. The molecule has 2 aromatic rings. The molecule has 3 N–H and O–H groups in total. The Morgan fingerprint density at radius 2 is 2.00 bits per heavy atom. The third-order valence-corrected chi connectivity index (χ3v) is 3.62. The van der Waals surface area contributed by atoms with Crippen LogP contribution in [0.25, 0.3) is 0 Å². The van der Waals surface area contributed by atoms with Crippen LogP contribution < -0.4 is 5.73 Å². The van der Waals surface area contributed by atoms with Crippen molar-refractivity contribution < 1.29 is 0 Å². The molecule has 5 heteroatoms. The van der Waals surface area contributed by atoms with Crippen LogP contribution in [-0.2, 0) is 0 Å². The lowest BCUT2D eigenvalue weighted by atomic mass is 10.2. The fourth-order valence-electron chi connectivity index (χ4n) is 1.33. The van der Waals surface area contributed by atoms with Crippen molar-refractivity contribution >= 4 is 29.2 Å². The molecule has 0 atom stereocenters. The second-order valence-corrected chi connectivity index (χ2v) is 4.74. The van der Waals surface area contributed by atoms with E-state index in [0.717, 1.165) is 4.90 Å². The molecule has 0 spiro atoms. The number of pyridine rings is 1. The number of nitrogens with two attached hydrogens (primary N) is 1. The number of hydrogen-bond donors (Lipinski definition) is 2. The molecular formula is C12H10ClN3S. The summed E-state index contributed by atoms with van der Waals surface area (Å²) >= 11 is 7.44. The summed E-state index contributed by atoms with van der Waals surface area (Å²) in [6.07, 6.45) is 1.69. The number of hydrogen-bond acceptors (Lipinski definition) is 3. The van der Waals surface area contributed by atoms with Gasteiger partial charge in [0.15, 0.2) is 0 Å². The van der Waals surface area contributed by atoms with Crippen molar-refractivity contribution in [2.24, 2.45) is 5.73 Å². The van der Waals surface area contributed by atoms with Crippen molar-refractivity contribution in [3.05, 3.63) is 53.2 Å². The maximum Gasteiger partial charge on any atom is 0.123 e. The minimum Gasteiger partial charge on any atom is -0.384 e. The topological polar surface area (TPSA) is 62.8 Å². The lowest BCUT2D eigenvalue weighted by Crippen LogP contribution is -2.12. The average Bonchev–Trinajstić information content (AvgIpc) is 2.32. The Morgan fingerprint density at radius 3 is 2.71 bits per heavy atom. The van der Waals surface area contributed by atoms with Crippen molar-refractivity contribution in [1.29, 1.82) is 5.41 Å². The van der Waals surface area contributed by atoms with Gasteiger partial charge in [-0.3, -0.25) is 5.41 Å². The van der Waals surface area contributed by atoms with Gasteiger partial charge in [0.25, 0.3) is 0 Å². The quantitative estimate of drug-likeness (QED) is 0.660. The molecule has 0 bridgehead atoms. The van der Waals surface area contributed by atoms with Gasteiger partial charge in [-0.05, 0) is 18.2 Å². The van der Waals surface area contributed by atoms with E-state index in [-0.39, 0.29) is 5.84 Å². The summed E-state index contributed by atoms with van der Waals surface area (Å²) in [6, 6.07) is 11.0. The third kappa shape index (κ3) is 2.78. The van der Waals surface area contributed by atoms with E-state index in [4.69, 9.17) is 22.7 Å². The maximum absolute atomic E-state index is 7.51. The van der Waals surface area contributed by atoms with Crippen LogP contribution in [0.3, 0.4) is 0 Å². The van der Waals surface area contributed by atoms with E-state index in [1.165, 1.54) is 11.8 Å². The molecule has 0 aliphatic carbocycles. The fourth-order valence-corrected chi connectivity index (χ4v) is 2.49. The Morgan fingerprint density at radius 1 is 1.24 bits per heavy atom. The average molecular weight is 264 g/mol. The minimum absolute atomic E-state index is 0.0418. The highest BCUT2D eigenvalue weighted by atomic mass is 35.5. The normalized spacial score (nSPS) is 10.2. The lowest BCUT2D eigenvalue weighted by molar-refractivity contribution is 1.13. The number of nitrogen functional groups attached to an aromatic ring is 1. The Kier molecular flexibility index (Phi) is 3.66. The van der Waals surface area contributed by atoms with E-state index in [2.05, 4.69) is 4.98 Å². The summed E-state index contributed by atoms with van der Waals surface area (Å²) in [5.74, 6) is 0.0418. The molecule has 0 aliphatic heterocycles. The van der Waals surface area contributed by atoms with Crippen LogP contribution in [-0.4, -0.2) is 10.8 Å². The summed E-state index contributed by atoms with van der Waals surface area (Å²) in [4.78, 5) is 5.07. The van der Waals surface area contributed by atoms with E-state index in [0.29, 0.717) is 15.6 Å². The highest BCUT2D eigenvalue weighted by molar-refractivity contribution is 7.99. The monoisotopic (exact) mass is 263 g/mol. The molecule has 86 valence electrons. The SMILES string of the molecule is N=C(N)c1ccccc1Sc1ncccc1Cl. The van der Waals surface area contributed by atoms with Gasteiger partial charge in [-0.1, -0.05) is 41.6 Å². The molecule has 1 aromatic heterocycles. The van der Waals surface area contributed by atoms with Crippen molar-refractivity contribution in [3.8, 4) is 0 Å². The summed E-state index contributed by atoms with van der Waals surface area (Å²) < 4.78 is 0. The number of nitrogens with zero attached hydrogens (tertiary/aromatic N) is 1. The molecular weight excluding hydrogens is 254 g/mol. The van der Waals surface area contributed by atoms with Gasteiger partial charge in [0.2, 0.25) is 0 Å². The van der Waals surface area contributed by atoms with Crippen LogP contribution >= 0.6 is 23.4 Å². The molecule has 0 radical (unpaired) electrons. The van der Waals surface area contributed by atoms with E-state index < -0.39 is 0 Å². The lowest BCUT2D eigenvalue weighted by Gasteiger charge is -2.07. The molecule has 1 aromatic carbocycles. The molecule has 0 fully saturated rings. The Balaban J connectivity index is 2.37. The van der Waals surface area contributed by atoms with Crippen molar-refractivity contribution in [2.45, 2.75) is 9.92 Å². The summed E-state index contributed by atoms with van der Waals surface area (Å²) in [7, 11) is 0. The summed E-state index contributed by atoms with van der Waals surface area (Å²) in [5.41, 5.74) is 6.22. The zero-order chi connectivity index (χ0) is 12.3. The first-order chi connectivity index (χ1) is 8.18. The van der Waals surface area contributed by atoms with E-state index in [9.17, 15) is 0 Å². The van der Waals surface area contributed by atoms with Crippen molar-refractivity contribution in [3.63, 3.8) is 0 Å². The van der Waals surface area contributed by atoms with Crippen molar-refractivity contribution in [2.75, 3.05) is 0 Å². The van der Waals surface area contributed by atoms with Gasteiger partial charge in [-0.2, -0.15) is 0 Å². The van der Waals surface area contributed by atoms with Gasteiger partial charge in [0.1, 0.15) is 10.9 Å². The van der Waals surface area contributed by atoms with Gasteiger partial charge >= 0.3 is 0 Å². The van der Waals surface area contributed by atoms with Crippen LogP contribution in [0.15, 0.2) is 52.5 Å². The number of rotatable bonds is 3. The van der Waals surface area contributed by atoms with Crippen LogP contribution in [0.5, 0.6) is 0 Å². The Bertz CT molecular complexity index is 557. The zero-order valence-electron chi connectivity index (χ0n) is 8.85. The first kappa shape index (κ1) is 12.0. The van der Waals surface area contributed by atoms with E-state index >= 15 is 0 Å².